The molecule has 2 aliphatic heterocycles. The number of carbonyl (C=O) groups is 2. The van der Waals surface area contributed by atoms with Gasteiger partial charge in [-0.05, 0) is 43.2 Å². The van der Waals surface area contributed by atoms with Crippen molar-refractivity contribution in [3.63, 3.8) is 0 Å². The summed E-state index contributed by atoms with van der Waals surface area (Å²) >= 11 is 0. The van der Waals surface area contributed by atoms with E-state index < -0.39 is 16.1 Å². The first-order chi connectivity index (χ1) is 15.6. The average Bonchev–Trinajstić information content (AvgIpc) is 3.18. The highest BCUT2D eigenvalue weighted by atomic mass is 32.2. The number of amides is 2. The van der Waals surface area contributed by atoms with Gasteiger partial charge >= 0.3 is 6.09 Å². The molecule has 1 N–H and O–H groups in total. The molecule has 11 heteroatoms. The summed E-state index contributed by atoms with van der Waals surface area (Å²) in [6.07, 6.45) is 2.35. The summed E-state index contributed by atoms with van der Waals surface area (Å²) in [6.45, 7) is 6.84. The number of benzene rings is 1. The normalized spacial score (nSPS) is 16.7. The first kappa shape index (κ1) is 22.8. The number of pyridine rings is 1. The minimum atomic E-state index is -3.64. The Bertz CT molecular complexity index is 1190. The third kappa shape index (κ3) is 5.03. The van der Waals surface area contributed by atoms with E-state index in [0.29, 0.717) is 38.4 Å². The van der Waals surface area contributed by atoms with Crippen molar-refractivity contribution in [1.82, 2.24) is 9.88 Å². The highest BCUT2D eigenvalue weighted by Crippen LogP contribution is 2.28. The number of hydrogen-bond acceptors (Lipinski definition) is 7. The second kappa shape index (κ2) is 8.89. The molecular formula is C22H27N5O5S. The van der Waals surface area contributed by atoms with Crippen molar-refractivity contribution in [3.05, 3.63) is 47.2 Å². The maximum absolute atomic E-state index is 13.3. The number of sulfonamides is 1. The van der Waals surface area contributed by atoms with Crippen LogP contribution in [0, 0.1) is 13.8 Å². The number of aromatic nitrogens is 1. The Labute approximate surface area is 193 Å². The highest BCUT2D eigenvalue weighted by Gasteiger charge is 2.28. The molecule has 0 unspecified atom stereocenters. The smallest absolute Gasteiger partial charge is 0.414 e. The summed E-state index contributed by atoms with van der Waals surface area (Å²) in [5, 5.41) is 0. The van der Waals surface area contributed by atoms with Crippen molar-refractivity contribution >= 4 is 39.2 Å². The molecule has 1 aromatic heterocycles. The van der Waals surface area contributed by atoms with Crippen LogP contribution in [0.1, 0.15) is 21.5 Å². The minimum Gasteiger partial charge on any atom is -0.447 e. The average molecular weight is 474 g/mol. The number of hydrogen-bond donors (Lipinski definition) is 1. The van der Waals surface area contributed by atoms with Crippen LogP contribution in [-0.4, -0.2) is 75.9 Å². The third-order valence-corrected chi connectivity index (χ3v) is 6.25. The van der Waals surface area contributed by atoms with E-state index in [2.05, 4.69) is 20.7 Å². The molecule has 0 bridgehead atoms. The largest absolute Gasteiger partial charge is 0.447 e. The number of anilines is 3. The van der Waals surface area contributed by atoms with Crippen LogP contribution in [0.4, 0.5) is 22.0 Å². The lowest BCUT2D eigenvalue weighted by Gasteiger charge is -2.36. The van der Waals surface area contributed by atoms with E-state index in [1.165, 1.54) is 11.0 Å². The summed E-state index contributed by atoms with van der Waals surface area (Å²) in [5.74, 6) is 0.638. The molecule has 0 spiro atoms. The third-order valence-electron chi connectivity index (χ3n) is 5.66. The van der Waals surface area contributed by atoms with Crippen LogP contribution in [0.3, 0.4) is 0 Å². The summed E-state index contributed by atoms with van der Waals surface area (Å²) in [7, 11) is -3.64. The van der Waals surface area contributed by atoms with Crippen molar-refractivity contribution in [2.45, 2.75) is 13.8 Å². The molecule has 0 saturated carbocycles. The fourth-order valence-corrected chi connectivity index (χ4v) is 4.70. The molecular weight excluding hydrogens is 446 g/mol. The lowest BCUT2D eigenvalue weighted by atomic mass is 10.1. The van der Waals surface area contributed by atoms with Gasteiger partial charge in [-0.15, -0.1) is 0 Å². The zero-order chi connectivity index (χ0) is 23.8. The van der Waals surface area contributed by atoms with Crippen molar-refractivity contribution < 1.29 is 22.7 Å². The Morgan fingerprint density at radius 2 is 1.82 bits per heavy atom. The fraction of sp³-hybridized carbons (Fsp3) is 0.409. The van der Waals surface area contributed by atoms with Gasteiger partial charge in [-0.2, -0.15) is 0 Å². The van der Waals surface area contributed by atoms with Gasteiger partial charge in [0.05, 0.1) is 24.1 Å². The number of ether oxygens (including phenoxy) is 1. The van der Waals surface area contributed by atoms with Crippen LogP contribution in [0.5, 0.6) is 0 Å². The molecule has 33 heavy (non-hydrogen) atoms. The molecule has 0 aliphatic carbocycles. The van der Waals surface area contributed by atoms with Gasteiger partial charge in [0.25, 0.3) is 5.91 Å². The van der Waals surface area contributed by atoms with Crippen molar-refractivity contribution in [2.75, 3.05) is 60.1 Å². The number of piperazine rings is 1. The fourth-order valence-electron chi connectivity index (χ4n) is 4.13. The quantitative estimate of drug-likeness (QED) is 0.707. The van der Waals surface area contributed by atoms with Gasteiger partial charge in [0, 0.05) is 38.1 Å². The maximum atomic E-state index is 13.3. The Kier molecular flexibility index (Phi) is 6.15. The lowest BCUT2D eigenvalue weighted by molar-refractivity contribution is 0.0747. The number of rotatable bonds is 5. The summed E-state index contributed by atoms with van der Waals surface area (Å²) in [6, 6.07) is 6.76. The Balaban J connectivity index is 1.54. The van der Waals surface area contributed by atoms with Gasteiger partial charge in [0.15, 0.2) is 0 Å². The van der Waals surface area contributed by atoms with Crippen LogP contribution in [0.2, 0.25) is 0 Å². The van der Waals surface area contributed by atoms with E-state index in [1.807, 2.05) is 20.0 Å². The SMILES string of the molecule is Cc1cnc(N2CCN(C(=O)c3ccc(N4CCOC4=O)cc3NS(C)(=O)=O)CC2)c(C)c1. The number of carbonyl (C=O) groups excluding carboxylic acids is 2. The number of cyclic esters (lactones) is 1. The number of nitrogens with zero attached hydrogens (tertiary/aromatic N) is 4. The van der Waals surface area contributed by atoms with Crippen LogP contribution < -0.4 is 14.5 Å². The van der Waals surface area contributed by atoms with Gasteiger partial charge in [0.2, 0.25) is 10.0 Å². The zero-order valence-corrected chi connectivity index (χ0v) is 19.7. The Morgan fingerprint density at radius 3 is 2.42 bits per heavy atom. The number of aryl methyl sites for hydroxylation is 2. The molecule has 0 radical (unpaired) electrons. The standard InChI is InChI=1S/C22H27N5O5S/c1-15-12-16(2)20(23-14-15)25-6-8-26(9-7-25)21(28)18-5-4-17(27-10-11-32-22(27)29)13-19(18)24-33(3,30)31/h4-5,12-14,24H,6-11H2,1-3H3. The van der Waals surface area contributed by atoms with Crippen LogP contribution in [-0.2, 0) is 14.8 Å². The maximum Gasteiger partial charge on any atom is 0.414 e. The molecule has 1 aromatic carbocycles. The molecule has 2 aliphatic rings. The first-order valence-electron chi connectivity index (χ1n) is 10.7. The molecule has 2 saturated heterocycles. The highest BCUT2D eigenvalue weighted by molar-refractivity contribution is 7.92. The van der Waals surface area contributed by atoms with Gasteiger partial charge in [0.1, 0.15) is 12.4 Å². The van der Waals surface area contributed by atoms with Crippen molar-refractivity contribution in [1.29, 1.82) is 0 Å². The zero-order valence-electron chi connectivity index (χ0n) is 18.9. The van der Waals surface area contributed by atoms with Gasteiger partial charge in [-0.3, -0.25) is 14.4 Å². The summed E-state index contributed by atoms with van der Waals surface area (Å²) in [5.41, 5.74) is 3.02. The Morgan fingerprint density at radius 1 is 1.09 bits per heavy atom. The van der Waals surface area contributed by atoms with E-state index in [9.17, 15) is 18.0 Å². The van der Waals surface area contributed by atoms with Gasteiger partial charge < -0.3 is 14.5 Å². The second-order valence-electron chi connectivity index (χ2n) is 8.30. The van der Waals surface area contributed by atoms with E-state index in [4.69, 9.17) is 4.74 Å². The van der Waals surface area contributed by atoms with Gasteiger partial charge in [-0.1, -0.05) is 6.07 Å². The van der Waals surface area contributed by atoms with E-state index in [1.54, 1.807) is 17.0 Å². The Hall–Kier alpha value is -3.34. The molecule has 3 heterocycles. The van der Waals surface area contributed by atoms with Crippen molar-refractivity contribution in [3.8, 4) is 0 Å². The van der Waals surface area contributed by atoms with Gasteiger partial charge in [-0.25, -0.2) is 18.2 Å². The molecule has 176 valence electrons. The molecule has 2 aromatic rings. The minimum absolute atomic E-state index is 0.137. The lowest BCUT2D eigenvalue weighted by Crippen LogP contribution is -2.49. The molecule has 2 fully saturated rings. The van der Waals surface area contributed by atoms with Crippen LogP contribution >= 0.6 is 0 Å². The molecule has 2 amide bonds. The summed E-state index contributed by atoms with van der Waals surface area (Å²) < 4.78 is 31.3. The van der Waals surface area contributed by atoms with Crippen LogP contribution in [0.25, 0.3) is 0 Å². The molecule has 0 atom stereocenters. The second-order valence-corrected chi connectivity index (χ2v) is 10.1. The molecule has 4 rings (SSSR count). The first-order valence-corrected chi connectivity index (χ1v) is 12.5. The van der Waals surface area contributed by atoms with Crippen molar-refractivity contribution in [2.24, 2.45) is 0 Å². The van der Waals surface area contributed by atoms with Crippen LogP contribution in [0.15, 0.2) is 30.5 Å². The summed E-state index contributed by atoms with van der Waals surface area (Å²) in [4.78, 5) is 35.0. The van der Waals surface area contributed by atoms with E-state index in [-0.39, 0.29) is 23.8 Å². The molecule has 10 nitrogen and oxygen atoms in total. The predicted molar refractivity (Wildman–Crippen MR) is 125 cm³/mol. The van der Waals surface area contributed by atoms with E-state index >= 15 is 0 Å². The predicted octanol–water partition coefficient (Wildman–Crippen LogP) is 1.99. The monoisotopic (exact) mass is 473 g/mol. The number of nitrogens with one attached hydrogen (secondary N) is 1. The van der Waals surface area contributed by atoms with E-state index in [0.717, 1.165) is 23.2 Å². The topological polar surface area (TPSA) is 112 Å².